The average molecular weight is 297 g/mol. The molecule has 0 radical (unpaired) electrons. The van der Waals surface area contributed by atoms with E-state index in [2.05, 4.69) is 17.2 Å². The van der Waals surface area contributed by atoms with Gasteiger partial charge in [0.1, 0.15) is 0 Å². The normalized spacial score (nSPS) is 21.1. The molecule has 2 fully saturated rings. The molecule has 0 aromatic rings. The van der Waals surface area contributed by atoms with Gasteiger partial charge in [0, 0.05) is 12.5 Å². The zero-order chi connectivity index (χ0) is 15.1. The fraction of sp³-hybridized carbons (Fsp3) is 0.714. The summed E-state index contributed by atoms with van der Waals surface area (Å²) in [6.45, 7) is 7.04. The monoisotopic (exact) mass is 297 g/mol. The van der Waals surface area contributed by atoms with Gasteiger partial charge < -0.3 is 14.8 Å². The summed E-state index contributed by atoms with van der Waals surface area (Å²) in [6.07, 6.45) is 3.37. The molecule has 2 saturated heterocycles. The maximum atomic E-state index is 11.7. The number of nitrogens with one attached hydrogen (secondary N) is 2. The third-order valence-electron chi connectivity index (χ3n) is 3.69. The highest BCUT2D eigenvalue weighted by Crippen LogP contribution is 2.25. The first-order valence-electron chi connectivity index (χ1n) is 7.33. The Kier molecular flexibility index (Phi) is 6.16. The molecule has 2 rings (SSSR count). The first kappa shape index (κ1) is 15.9. The molecule has 2 heterocycles. The summed E-state index contributed by atoms with van der Waals surface area (Å²) in [6, 6.07) is -0.484. The molecule has 118 valence electrons. The molecule has 0 aliphatic carbocycles. The molecule has 2 aliphatic heterocycles. The van der Waals surface area contributed by atoms with Gasteiger partial charge in [0.15, 0.2) is 6.29 Å². The lowest BCUT2D eigenvalue weighted by Gasteiger charge is -2.33. The van der Waals surface area contributed by atoms with Crippen LogP contribution in [0.5, 0.6) is 0 Å². The molecule has 7 heteroatoms. The number of nitrogens with zero attached hydrogens (tertiary/aromatic N) is 1. The third kappa shape index (κ3) is 5.11. The number of carbonyl (C=O) groups excluding carboxylic acids is 2. The van der Waals surface area contributed by atoms with Crippen LogP contribution >= 0.6 is 0 Å². The predicted molar refractivity (Wildman–Crippen MR) is 76.6 cm³/mol. The highest BCUT2D eigenvalue weighted by atomic mass is 16.7. The van der Waals surface area contributed by atoms with E-state index in [0.29, 0.717) is 25.7 Å². The van der Waals surface area contributed by atoms with Gasteiger partial charge in [-0.3, -0.25) is 15.0 Å². The van der Waals surface area contributed by atoms with Crippen LogP contribution in [-0.4, -0.2) is 62.5 Å². The van der Waals surface area contributed by atoms with Crippen LogP contribution < -0.4 is 10.6 Å². The fourth-order valence-electron chi connectivity index (χ4n) is 2.61. The summed E-state index contributed by atoms with van der Waals surface area (Å²) in [4.78, 5) is 25.1. The molecule has 0 bridgehead atoms. The number of piperidine rings is 1. The molecule has 7 nitrogen and oxygen atoms in total. The fourth-order valence-corrected chi connectivity index (χ4v) is 2.61. The van der Waals surface area contributed by atoms with Crippen molar-refractivity contribution < 1.29 is 19.1 Å². The lowest BCUT2D eigenvalue weighted by atomic mass is 9.96. The Morgan fingerprint density at radius 3 is 2.52 bits per heavy atom. The van der Waals surface area contributed by atoms with E-state index in [9.17, 15) is 9.59 Å². The lowest BCUT2D eigenvalue weighted by molar-refractivity contribution is -0.122. The molecule has 0 aromatic carbocycles. The van der Waals surface area contributed by atoms with Gasteiger partial charge in [-0.25, -0.2) is 4.79 Å². The quantitative estimate of drug-likeness (QED) is 0.703. The Labute approximate surface area is 124 Å². The van der Waals surface area contributed by atoms with E-state index in [1.807, 2.05) is 4.90 Å². The summed E-state index contributed by atoms with van der Waals surface area (Å²) in [5, 5.41) is 4.80. The molecule has 2 N–H and O–H groups in total. The standard InChI is InChI=1S/C14H23N3O4/c1-2-5-15-14(19)16-12(18)10-17-6-3-11(4-7-17)13-20-8-9-21-13/h2,11,13H,1,3-10H2,(H2,15,16,18,19). The van der Waals surface area contributed by atoms with Crippen molar-refractivity contribution in [3.05, 3.63) is 12.7 Å². The number of imide groups is 1. The molecule has 0 atom stereocenters. The van der Waals surface area contributed by atoms with Gasteiger partial charge in [-0.1, -0.05) is 6.08 Å². The minimum absolute atomic E-state index is 0.0781. The van der Waals surface area contributed by atoms with E-state index in [4.69, 9.17) is 9.47 Å². The van der Waals surface area contributed by atoms with Crippen LogP contribution in [0, 0.1) is 5.92 Å². The summed E-state index contributed by atoms with van der Waals surface area (Å²) < 4.78 is 11.0. The summed E-state index contributed by atoms with van der Waals surface area (Å²) in [7, 11) is 0. The van der Waals surface area contributed by atoms with Crippen molar-refractivity contribution in [1.29, 1.82) is 0 Å². The second kappa shape index (κ2) is 8.11. The minimum Gasteiger partial charge on any atom is -0.350 e. The number of rotatable bonds is 5. The molecule has 2 aliphatic rings. The van der Waals surface area contributed by atoms with Crippen molar-refractivity contribution in [1.82, 2.24) is 15.5 Å². The first-order valence-corrected chi connectivity index (χ1v) is 7.33. The van der Waals surface area contributed by atoms with E-state index in [-0.39, 0.29) is 18.7 Å². The highest BCUT2D eigenvalue weighted by Gasteiger charge is 2.30. The summed E-state index contributed by atoms with van der Waals surface area (Å²) in [5.74, 6) is 0.117. The zero-order valence-electron chi connectivity index (χ0n) is 12.2. The van der Waals surface area contributed by atoms with E-state index < -0.39 is 6.03 Å². The van der Waals surface area contributed by atoms with Crippen LogP contribution in [0.2, 0.25) is 0 Å². The maximum absolute atomic E-state index is 11.7. The molecule has 0 unspecified atom stereocenters. The SMILES string of the molecule is C=CCNC(=O)NC(=O)CN1CCC(C2OCCO2)CC1. The van der Waals surface area contributed by atoms with Crippen molar-refractivity contribution in [3.63, 3.8) is 0 Å². The van der Waals surface area contributed by atoms with Crippen LogP contribution in [0.15, 0.2) is 12.7 Å². The largest absolute Gasteiger partial charge is 0.350 e. The Bertz CT molecular complexity index is 374. The molecule has 0 aromatic heterocycles. The number of carbonyl (C=O) groups is 2. The van der Waals surface area contributed by atoms with E-state index in [1.165, 1.54) is 0 Å². The molecule has 3 amide bonds. The van der Waals surface area contributed by atoms with Crippen molar-refractivity contribution in [2.45, 2.75) is 19.1 Å². The van der Waals surface area contributed by atoms with Crippen LogP contribution in [0.25, 0.3) is 0 Å². The second-order valence-electron chi connectivity index (χ2n) is 5.27. The Morgan fingerprint density at radius 1 is 1.24 bits per heavy atom. The van der Waals surface area contributed by atoms with E-state index in [1.54, 1.807) is 6.08 Å². The van der Waals surface area contributed by atoms with E-state index in [0.717, 1.165) is 25.9 Å². The number of likely N-dealkylation sites (tertiary alicyclic amines) is 1. The Hall–Kier alpha value is -1.44. The van der Waals surface area contributed by atoms with Crippen molar-refractivity contribution in [2.24, 2.45) is 5.92 Å². The summed E-state index contributed by atoms with van der Waals surface area (Å²) in [5.41, 5.74) is 0. The first-order chi connectivity index (χ1) is 10.2. The van der Waals surface area contributed by atoms with Gasteiger partial charge in [-0.05, 0) is 25.9 Å². The molecule has 21 heavy (non-hydrogen) atoms. The van der Waals surface area contributed by atoms with Crippen LogP contribution in [0.3, 0.4) is 0 Å². The van der Waals surface area contributed by atoms with Crippen LogP contribution in [-0.2, 0) is 14.3 Å². The predicted octanol–water partition coefficient (Wildman–Crippen LogP) is 0.0831. The van der Waals surface area contributed by atoms with Gasteiger partial charge >= 0.3 is 6.03 Å². The lowest BCUT2D eigenvalue weighted by Crippen LogP contribution is -2.47. The summed E-state index contributed by atoms with van der Waals surface area (Å²) >= 11 is 0. The smallest absolute Gasteiger partial charge is 0.321 e. The van der Waals surface area contributed by atoms with Crippen LogP contribution in [0.1, 0.15) is 12.8 Å². The minimum atomic E-state index is -0.484. The number of urea groups is 1. The Balaban J connectivity index is 1.64. The van der Waals surface area contributed by atoms with Crippen molar-refractivity contribution in [3.8, 4) is 0 Å². The van der Waals surface area contributed by atoms with Crippen molar-refractivity contribution >= 4 is 11.9 Å². The van der Waals surface area contributed by atoms with E-state index >= 15 is 0 Å². The number of hydrogen-bond donors (Lipinski definition) is 2. The van der Waals surface area contributed by atoms with Gasteiger partial charge in [-0.15, -0.1) is 6.58 Å². The van der Waals surface area contributed by atoms with Gasteiger partial charge in [-0.2, -0.15) is 0 Å². The molecule has 0 saturated carbocycles. The number of hydrogen-bond acceptors (Lipinski definition) is 5. The maximum Gasteiger partial charge on any atom is 0.321 e. The van der Waals surface area contributed by atoms with Crippen LogP contribution in [0.4, 0.5) is 4.79 Å². The van der Waals surface area contributed by atoms with Gasteiger partial charge in [0.25, 0.3) is 0 Å². The molecular weight excluding hydrogens is 274 g/mol. The Morgan fingerprint density at radius 2 is 1.90 bits per heavy atom. The van der Waals surface area contributed by atoms with Crippen molar-refractivity contribution in [2.75, 3.05) is 39.4 Å². The highest BCUT2D eigenvalue weighted by molar-refractivity contribution is 5.95. The molecular formula is C14H23N3O4. The topological polar surface area (TPSA) is 79.9 Å². The number of amides is 3. The number of ether oxygens (including phenoxy) is 2. The average Bonchev–Trinajstić information content (AvgIpc) is 3.00. The molecule has 0 spiro atoms. The second-order valence-corrected chi connectivity index (χ2v) is 5.27. The van der Waals surface area contributed by atoms with Gasteiger partial charge in [0.2, 0.25) is 5.91 Å². The zero-order valence-corrected chi connectivity index (χ0v) is 12.2. The third-order valence-corrected chi connectivity index (χ3v) is 3.69. The van der Waals surface area contributed by atoms with Gasteiger partial charge in [0.05, 0.1) is 19.8 Å².